The van der Waals surface area contributed by atoms with Crippen molar-refractivity contribution in [3.63, 3.8) is 0 Å². The Morgan fingerprint density at radius 1 is 1.53 bits per heavy atom. The van der Waals surface area contributed by atoms with Crippen LogP contribution in [0.3, 0.4) is 0 Å². The molecule has 0 radical (unpaired) electrons. The van der Waals surface area contributed by atoms with Crippen molar-refractivity contribution in [2.45, 2.75) is 0 Å². The predicted molar refractivity (Wildman–Crippen MR) is 59.3 cm³/mol. The van der Waals surface area contributed by atoms with Crippen molar-refractivity contribution in [2.24, 2.45) is 0 Å². The van der Waals surface area contributed by atoms with Crippen LogP contribution in [0.1, 0.15) is 10.5 Å². The minimum atomic E-state index is -1.25. The van der Waals surface area contributed by atoms with E-state index in [0.29, 0.717) is 0 Å². The number of carboxylic acids is 1. The van der Waals surface area contributed by atoms with Gasteiger partial charge in [0.2, 0.25) is 5.82 Å². The molecule has 2 heterocycles. The molecule has 10 heteroatoms. The SMILES string of the molecule is COc1ncnc(-n2ccc(C(=O)O)n2)c1[N+](=O)[O-]. The van der Waals surface area contributed by atoms with E-state index in [0.717, 1.165) is 11.0 Å². The number of carbonyl (C=O) groups is 1. The Balaban J connectivity index is 2.60. The van der Waals surface area contributed by atoms with Gasteiger partial charge < -0.3 is 9.84 Å². The van der Waals surface area contributed by atoms with E-state index in [1.807, 2.05) is 0 Å². The van der Waals surface area contributed by atoms with Gasteiger partial charge in [-0.05, 0) is 6.07 Å². The highest BCUT2D eigenvalue weighted by molar-refractivity contribution is 5.85. The van der Waals surface area contributed by atoms with Gasteiger partial charge in [-0.1, -0.05) is 0 Å². The summed E-state index contributed by atoms with van der Waals surface area (Å²) in [4.78, 5) is 28.3. The Morgan fingerprint density at radius 3 is 2.79 bits per heavy atom. The Kier molecular flexibility index (Phi) is 3.06. The largest absolute Gasteiger partial charge is 0.476 e. The van der Waals surface area contributed by atoms with Gasteiger partial charge in [0, 0.05) is 6.20 Å². The van der Waals surface area contributed by atoms with Crippen LogP contribution in [0.5, 0.6) is 5.88 Å². The molecule has 0 aromatic carbocycles. The summed E-state index contributed by atoms with van der Waals surface area (Å²) in [6, 6.07) is 1.20. The third kappa shape index (κ3) is 2.18. The van der Waals surface area contributed by atoms with E-state index in [9.17, 15) is 14.9 Å². The Morgan fingerprint density at radius 2 is 2.26 bits per heavy atom. The molecule has 0 unspecified atom stereocenters. The second-order valence-electron chi connectivity index (χ2n) is 3.26. The fourth-order valence-electron chi connectivity index (χ4n) is 1.39. The smallest absolute Gasteiger partial charge is 0.375 e. The maximum absolute atomic E-state index is 11.0. The molecular weight excluding hydrogens is 258 g/mol. The molecule has 0 bridgehead atoms. The standard InChI is InChI=1S/C9H7N5O5/c1-19-8-6(14(17)18)7(10-4-11-8)13-3-2-5(12-13)9(15)16/h2-4H,1H3,(H,15,16). The molecule has 0 amide bonds. The topological polar surface area (TPSA) is 133 Å². The van der Waals surface area contributed by atoms with E-state index >= 15 is 0 Å². The molecule has 2 rings (SSSR count). The van der Waals surface area contributed by atoms with Crippen LogP contribution in [0.4, 0.5) is 5.69 Å². The molecule has 0 atom stereocenters. The molecule has 0 saturated heterocycles. The van der Waals surface area contributed by atoms with Crippen molar-refractivity contribution < 1.29 is 19.6 Å². The van der Waals surface area contributed by atoms with Gasteiger partial charge in [0.25, 0.3) is 5.88 Å². The monoisotopic (exact) mass is 265 g/mol. The lowest BCUT2D eigenvalue weighted by molar-refractivity contribution is -0.386. The van der Waals surface area contributed by atoms with E-state index in [-0.39, 0.29) is 17.4 Å². The lowest BCUT2D eigenvalue weighted by Gasteiger charge is -2.04. The highest BCUT2D eigenvalue weighted by Gasteiger charge is 2.26. The number of hydrogen-bond donors (Lipinski definition) is 1. The number of rotatable bonds is 4. The number of methoxy groups -OCH3 is 1. The van der Waals surface area contributed by atoms with Gasteiger partial charge in [0.05, 0.1) is 12.0 Å². The number of aromatic carboxylic acids is 1. The van der Waals surface area contributed by atoms with Gasteiger partial charge >= 0.3 is 11.7 Å². The molecule has 98 valence electrons. The molecule has 0 fully saturated rings. The van der Waals surface area contributed by atoms with Gasteiger partial charge in [0.1, 0.15) is 6.33 Å². The van der Waals surface area contributed by atoms with Crippen molar-refractivity contribution in [3.8, 4) is 11.7 Å². The fourth-order valence-corrected chi connectivity index (χ4v) is 1.39. The van der Waals surface area contributed by atoms with Crippen molar-refractivity contribution in [2.75, 3.05) is 7.11 Å². The zero-order valence-electron chi connectivity index (χ0n) is 9.55. The first-order valence-electron chi connectivity index (χ1n) is 4.87. The molecular formula is C9H7N5O5. The Bertz CT molecular complexity index is 652. The van der Waals surface area contributed by atoms with Crippen molar-refractivity contribution in [1.82, 2.24) is 19.7 Å². The lowest BCUT2D eigenvalue weighted by atomic mass is 10.4. The molecule has 2 aromatic rings. The molecule has 2 aromatic heterocycles. The normalized spacial score (nSPS) is 10.2. The van der Waals surface area contributed by atoms with E-state index in [4.69, 9.17) is 9.84 Å². The van der Waals surface area contributed by atoms with Crippen LogP contribution in [0.25, 0.3) is 5.82 Å². The number of nitro groups is 1. The maximum atomic E-state index is 11.0. The van der Waals surface area contributed by atoms with Crippen LogP contribution in [0.15, 0.2) is 18.6 Å². The van der Waals surface area contributed by atoms with E-state index < -0.39 is 16.6 Å². The molecule has 1 N–H and O–H groups in total. The van der Waals surface area contributed by atoms with Crippen molar-refractivity contribution in [3.05, 3.63) is 34.4 Å². The Hall–Kier alpha value is -3.04. The minimum Gasteiger partial charge on any atom is -0.476 e. The van der Waals surface area contributed by atoms with Crippen LogP contribution < -0.4 is 4.74 Å². The zero-order chi connectivity index (χ0) is 14.0. The Labute approximate surface area is 105 Å². The third-order valence-corrected chi connectivity index (χ3v) is 2.17. The molecule has 0 aliphatic heterocycles. The zero-order valence-corrected chi connectivity index (χ0v) is 9.55. The molecule has 0 spiro atoms. The summed E-state index contributed by atoms with van der Waals surface area (Å²) in [5.74, 6) is -1.66. The van der Waals surface area contributed by atoms with Gasteiger partial charge in [0.15, 0.2) is 5.69 Å². The summed E-state index contributed by atoms with van der Waals surface area (Å²) in [6.07, 6.45) is 2.31. The summed E-state index contributed by atoms with van der Waals surface area (Å²) < 4.78 is 5.75. The fraction of sp³-hybridized carbons (Fsp3) is 0.111. The van der Waals surface area contributed by atoms with Gasteiger partial charge in [-0.2, -0.15) is 10.1 Å². The van der Waals surface area contributed by atoms with Crippen LogP contribution in [0.2, 0.25) is 0 Å². The van der Waals surface area contributed by atoms with E-state index in [2.05, 4.69) is 15.1 Å². The minimum absolute atomic E-state index is 0.177. The maximum Gasteiger partial charge on any atom is 0.375 e. The predicted octanol–water partition coefficient (Wildman–Crippen LogP) is 0.277. The second kappa shape index (κ2) is 4.68. The van der Waals surface area contributed by atoms with Crippen molar-refractivity contribution in [1.29, 1.82) is 0 Å². The van der Waals surface area contributed by atoms with E-state index in [1.54, 1.807) is 0 Å². The van der Waals surface area contributed by atoms with Gasteiger partial charge in [-0.25, -0.2) is 14.5 Å². The average molecular weight is 265 g/mol. The number of hydrogen-bond acceptors (Lipinski definition) is 7. The molecule has 0 saturated carbocycles. The summed E-state index contributed by atoms with van der Waals surface area (Å²) >= 11 is 0. The van der Waals surface area contributed by atoms with Crippen LogP contribution in [-0.2, 0) is 0 Å². The highest BCUT2D eigenvalue weighted by atomic mass is 16.6. The summed E-state index contributed by atoms with van der Waals surface area (Å²) in [5.41, 5.74) is -0.753. The summed E-state index contributed by atoms with van der Waals surface area (Å²) in [6.45, 7) is 0. The van der Waals surface area contributed by atoms with Gasteiger partial charge in [-0.3, -0.25) is 10.1 Å². The first kappa shape index (κ1) is 12.4. The average Bonchev–Trinajstić information content (AvgIpc) is 2.87. The van der Waals surface area contributed by atoms with Crippen LogP contribution in [0, 0.1) is 10.1 Å². The van der Waals surface area contributed by atoms with Crippen molar-refractivity contribution >= 4 is 11.7 Å². The number of aromatic nitrogens is 4. The molecule has 19 heavy (non-hydrogen) atoms. The first-order chi connectivity index (χ1) is 9.04. The second-order valence-corrected chi connectivity index (χ2v) is 3.26. The highest BCUT2D eigenvalue weighted by Crippen LogP contribution is 2.28. The quantitative estimate of drug-likeness (QED) is 0.615. The number of nitrogens with zero attached hydrogens (tertiary/aromatic N) is 5. The molecule has 0 aliphatic carbocycles. The number of ether oxygens (including phenoxy) is 1. The lowest BCUT2D eigenvalue weighted by Crippen LogP contribution is -2.08. The third-order valence-electron chi connectivity index (χ3n) is 2.17. The molecule has 10 nitrogen and oxygen atoms in total. The first-order valence-corrected chi connectivity index (χ1v) is 4.87. The summed E-state index contributed by atoms with van der Waals surface area (Å²) in [5, 5.41) is 23.4. The van der Waals surface area contributed by atoms with Crippen LogP contribution in [-0.4, -0.2) is 42.9 Å². The number of carboxylic acid groups (broad SMARTS) is 1. The van der Waals surface area contributed by atoms with Gasteiger partial charge in [-0.15, -0.1) is 0 Å². The molecule has 0 aliphatic rings. The van der Waals surface area contributed by atoms with E-state index in [1.165, 1.54) is 19.4 Å². The van der Waals surface area contributed by atoms with Crippen LogP contribution >= 0.6 is 0 Å². The summed E-state index contributed by atoms with van der Waals surface area (Å²) in [7, 11) is 1.23.